The van der Waals surface area contributed by atoms with Crippen LogP contribution in [-0.4, -0.2) is 4.57 Å². The highest BCUT2D eigenvalue weighted by Gasteiger charge is 2.20. The third kappa shape index (κ3) is 4.71. The maximum absolute atomic E-state index is 2.45. The molecule has 0 saturated heterocycles. The molecule has 0 spiro atoms. The molecule has 53 heavy (non-hydrogen) atoms. The lowest BCUT2D eigenvalue weighted by Gasteiger charge is -2.28. The van der Waals surface area contributed by atoms with Crippen LogP contribution in [0.25, 0.3) is 80.3 Å². The number of rotatable bonds is 5. The molecule has 248 valence electrons. The van der Waals surface area contributed by atoms with Crippen molar-refractivity contribution < 1.29 is 0 Å². The van der Waals surface area contributed by atoms with Crippen molar-refractivity contribution in [2.24, 2.45) is 0 Å². The average molecular weight is 693 g/mol. The summed E-state index contributed by atoms with van der Waals surface area (Å²) >= 11 is 1.86. The fraction of sp³-hybridized carbons (Fsp3) is 0. The molecule has 0 radical (unpaired) electrons. The van der Waals surface area contributed by atoms with Crippen LogP contribution in [0.2, 0.25) is 0 Å². The number of fused-ring (bicyclic) bond motifs is 9. The summed E-state index contributed by atoms with van der Waals surface area (Å²) in [7, 11) is 0. The Balaban J connectivity index is 1.11. The SMILES string of the molecule is c1ccc(-n2c3ccccc3c3ccccc32)c(-c2ccc(N(c3ccc4c(c3)sc3ccccc34)c3cc4ccccc4c4ccccc34)cc2)c1. The third-order valence-electron chi connectivity index (χ3n) is 10.8. The molecular weight excluding hydrogens is 661 g/mol. The van der Waals surface area contributed by atoms with Crippen molar-refractivity contribution in [2.75, 3.05) is 4.90 Å². The van der Waals surface area contributed by atoms with Gasteiger partial charge in [-0.05, 0) is 76.3 Å². The van der Waals surface area contributed by atoms with Gasteiger partial charge >= 0.3 is 0 Å². The highest BCUT2D eigenvalue weighted by molar-refractivity contribution is 7.25. The Morgan fingerprint density at radius 2 is 0.943 bits per heavy atom. The Morgan fingerprint density at radius 3 is 1.72 bits per heavy atom. The van der Waals surface area contributed by atoms with Gasteiger partial charge in [0, 0.05) is 53.3 Å². The summed E-state index contributed by atoms with van der Waals surface area (Å²) in [6.45, 7) is 0. The van der Waals surface area contributed by atoms with E-state index in [1.54, 1.807) is 0 Å². The summed E-state index contributed by atoms with van der Waals surface area (Å²) in [6, 6.07) is 71.0. The van der Waals surface area contributed by atoms with Crippen LogP contribution in [0.3, 0.4) is 0 Å². The molecule has 0 aliphatic heterocycles. The van der Waals surface area contributed by atoms with E-state index < -0.39 is 0 Å². The summed E-state index contributed by atoms with van der Waals surface area (Å²) in [5.41, 5.74) is 9.39. The van der Waals surface area contributed by atoms with Gasteiger partial charge in [-0.2, -0.15) is 0 Å². The van der Waals surface area contributed by atoms with E-state index in [9.17, 15) is 0 Å². The highest BCUT2D eigenvalue weighted by Crippen LogP contribution is 2.45. The number of anilines is 3. The molecule has 2 aromatic heterocycles. The standard InChI is InChI=1S/C50H32N2S/c1-2-14-37-34(13-1)31-48(40-17-4-3-16-39(37)40)51(36-29-30-44-43-20-8-12-24-49(43)53-50(44)32-36)35-27-25-33(26-28-35)38-15-5-9-21-45(38)52-46-22-10-6-18-41(46)42-19-7-11-23-47(42)52/h1-32H. The molecule has 0 atom stereocenters. The van der Waals surface area contributed by atoms with E-state index >= 15 is 0 Å². The Kier molecular flexibility index (Phi) is 6.76. The molecule has 3 heteroatoms. The van der Waals surface area contributed by atoms with Crippen molar-refractivity contribution >= 4 is 91.9 Å². The van der Waals surface area contributed by atoms with E-state index in [1.807, 2.05) is 11.3 Å². The third-order valence-corrected chi connectivity index (χ3v) is 11.9. The molecule has 0 aliphatic carbocycles. The van der Waals surface area contributed by atoms with Crippen LogP contribution in [-0.2, 0) is 0 Å². The molecule has 9 aromatic carbocycles. The average Bonchev–Trinajstić information content (AvgIpc) is 3.77. The first-order valence-electron chi connectivity index (χ1n) is 18.1. The molecule has 0 fully saturated rings. The van der Waals surface area contributed by atoms with Crippen LogP contribution in [0.5, 0.6) is 0 Å². The van der Waals surface area contributed by atoms with Gasteiger partial charge in [0.15, 0.2) is 0 Å². The van der Waals surface area contributed by atoms with Gasteiger partial charge in [0.05, 0.1) is 22.4 Å². The minimum atomic E-state index is 1.11. The van der Waals surface area contributed by atoms with E-state index in [0.717, 1.165) is 17.1 Å². The second kappa shape index (κ2) is 11.9. The van der Waals surface area contributed by atoms with Gasteiger partial charge in [-0.3, -0.25) is 0 Å². The van der Waals surface area contributed by atoms with Crippen molar-refractivity contribution in [3.63, 3.8) is 0 Å². The fourth-order valence-corrected chi connectivity index (χ4v) is 9.52. The van der Waals surface area contributed by atoms with Gasteiger partial charge in [0.25, 0.3) is 0 Å². The van der Waals surface area contributed by atoms with Crippen LogP contribution in [0, 0.1) is 0 Å². The number of nitrogens with zero attached hydrogens (tertiary/aromatic N) is 2. The highest BCUT2D eigenvalue weighted by atomic mass is 32.1. The summed E-state index contributed by atoms with van der Waals surface area (Å²) < 4.78 is 5.02. The van der Waals surface area contributed by atoms with Crippen LogP contribution in [0.1, 0.15) is 0 Å². The molecule has 11 rings (SSSR count). The first-order chi connectivity index (χ1) is 26.3. The van der Waals surface area contributed by atoms with E-state index in [4.69, 9.17) is 0 Å². The number of benzene rings is 9. The molecule has 0 unspecified atom stereocenters. The lowest BCUT2D eigenvalue weighted by molar-refractivity contribution is 1.18. The van der Waals surface area contributed by atoms with Crippen molar-refractivity contribution in [2.45, 2.75) is 0 Å². The molecular formula is C50H32N2S. The van der Waals surface area contributed by atoms with E-state index in [0.29, 0.717) is 0 Å². The predicted octanol–water partition coefficient (Wildman–Crippen LogP) is 14.6. The van der Waals surface area contributed by atoms with Crippen LogP contribution < -0.4 is 4.90 Å². The Labute approximate surface area is 311 Å². The maximum Gasteiger partial charge on any atom is 0.0546 e. The first-order valence-corrected chi connectivity index (χ1v) is 18.9. The molecule has 11 aromatic rings. The molecule has 0 amide bonds. The second-order valence-electron chi connectivity index (χ2n) is 13.7. The largest absolute Gasteiger partial charge is 0.310 e. The maximum atomic E-state index is 2.45. The number of para-hydroxylation sites is 3. The zero-order chi connectivity index (χ0) is 34.9. The number of hydrogen-bond acceptors (Lipinski definition) is 2. The summed E-state index contributed by atoms with van der Waals surface area (Å²) in [5.74, 6) is 0. The van der Waals surface area contributed by atoms with Crippen LogP contribution >= 0.6 is 11.3 Å². The summed E-state index contributed by atoms with van der Waals surface area (Å²) in [4.78, 5) is 2.45. The quantitative estimate of drug-likeness (QED) is 0.163. The van der Waals surface area contributed by atoms with Crippen molar-refractivity contribution in [1.29, 1.82) is 0 Å². The zero-order valence-electron chi connectivity index (χ0n) is 28.8. The van der Waals surface area contributed by atoms with E-state index in [-0.39, 0.29) is 0 Å². The normalized spacial score (nSPS) is 11.8. The van der Waals surface area contributed by atoms with Gasteiger partial charge in [-0.25, -0.2) is 0 Å². The molecule has 0 bridgehead atoms. The molecule has 0 saturated carbocycles. The zero-order valence-corrected chi connectivity index (χ0v) is 29.6. The Bertz CT molecular complexity index is 3130. The predicted molar refractivity (Wildman–Crippen MR) is 229 cm³/mol. The van der Waals surface area contributed by atoms with Gasteiger partial charge < -0.3 is 9.47 Å². The van der Waals surface area contributed by atoms with Gasteiger partial charge in [-0.15, -0.1) is 11.3 Å². The second-order valence-corrected chi connectivity index (χ2v) is 14.8. The minimum absolute atomic E-state index is 1.11. The number of aromatic nitrogens is 1. The molecule has 2 heterocycles. The minimum Gasteiger partial charge on any atom is -0.310 e. The molecule has 0 N–H and O–H groups in total. The Hall–Kier alpha value is -6.68. The number of thiophene rings is 1. The summed E-state index contributed by atoms with van der Waals surface area (Å²) in [6.07, 6.45) is 0. The van der Waals surface area contributed by atoms with E-state index in [2.05, 4.69) is 204 Å². The Morgan fingerprint density at radius 1 is 0.377 bits per heavy atom. The van der Waals surface area contributed by atoms with E-state index in [1.165, 1.54) is 80.3 Å². The first kappa shape index (κ1) is 30.0. The lowest BCUT2D eigenvalue weighted by atomic mass is 9.98. The van der Waals surface area contributed by atoms with Gasteiger partial charge in [-0.1, -0.05) is 140 Å². The fourth-order valence-electron chi connectivity index (χ4n) is 8.39. The smallest absolute Gasteiger partial charge is 0.0546 e. The van der Waals surface area contributed by atoms with Crippen molar-refractivity contribution in [3.05, 3.63) is 194 Å². The molecule has 2 nitrogen and oxygen atoms in total. The topological polar surface area (TPSA) is 8.17 Å². The van der Waals surface area contributed by atoms with Crippen molar-refractivity contribution in [3.8, 4) is 16.8 Å². The molecule has 0 aliphatic rings. The van der Waals surface area contributed by atoms with Gasteiger partial charge in [0.2, 0.25) is 0 Å². The van der Waals surface area contributed by atoms with Crippen LogP contribution in [0.4, 0.5) is 17.1 Å². The monoisotopic (exact) mass is 692 g/mol. The van der Waals surface area contributed by atoms with Crippen LogP contribution in [0.15, 0.2) is 194 Å². The summed E-state index contributed by atoms with van der Waals surface area (Å²) in [5, 5.41) is 10.1. The lowest BCUT2D eigenvalue weighted by Crippen LogP contribution is -2.10. The van der Waals surface area contributed by atoms with Gasteiger partial charge in [0.1, 0.15) is 0 Å². The number of hydrogen-bond donors (Lipinski definition) is 0. The van der Waals surface area contributed by atoms with Crippen molar-refractivity contribution in [1.82, 2.24) is 4.57 Å².